The molecule has 2 N–H and O–H groups in total. The first-order valence-corrected chi connectivity index (χ1v) is 10.1. The highest BCUT2D eigenvalue weighted by Gasteiger charge is 2.33. The summed E-state index contributed by atoms with van der Waals surface area (Å²) in [4.78, 5) is 38.0. The minimum atomic E-state index is -1.15. The van der Waals surface area contributed by atoms with Gasteiger partial charge in [-0.25, -0.2) is 4.79 Å². The number of nitrogens with one attached hydrogen (secondary N) is 1. The zero-order chi connectivity index (χ0) is 21.0. The van der Waals surface area contributed by atoms with Crippen molar-refractivity contribution in [2.45, 2.75) is 13.3 Å². The fraction of sp³-hybridized carbons (Fsp3) is 0.143. The van der Waals surface area contributed by atoms with E-state index in [4.69, 9.17) is 12.2 Å². The van der Waals surface area contributed by atoms with Gasteiger partial charge in [0.15, 0.2) is 0 Å². The number of rotatable bonds is 6. The lowest BCUT2D eigenvalue weighted by atomic mass is 10.1. The lowest BCUT2D eigenvalue weighted by Gasteiger charge is -2.15. The molecule has 1 fully saturated rings. The lowest BCUT2D eigenvalue weighted by Crippen LogP contribution is -2.36. The van der Waals surface area contributed by atoms with Gasteiger partial charge in [-0.05, 0) is 35.8 Å². The molecule has 1 aliphatic rings. The van der Waals surface area contributed by atoms with E-state index in [2.05, 4.69) is 12.2 Å². The van der Waals surface area contributed by atoms with E-state index >= 15 is 0 Å². The van der Waals surface area contributed by atoms with Crippen LogP contribution in [0.25, 0.3) is 6.08 Å². The highest BCUT2D eigenvalue weighted by atomic mass is 32.2. The van der Waals surface area contributed by atoms with Crippen LogP contribution < -0.4 is 5.32 Å². The number of aryl methyl sites for hydroxylation is 1. The summed E-state index contributed by atoms with van der Waals surface area (Å²) in [5, 5.41) is 11.7. The van der Waals surface area contributed by atoms with Crippen LogP contribution in [0.1, 0.15) is 28.4 Å². The number of carboxylic acids is 1. The fourth-order valence-electron chi connectivity index (χ4n) is 2.75. The Morgan fingerprint density at radius 3 is 2.52 bits per heavy atom. The van der Waals surface area contributed by atoms with Crippen molar-refractivity contribution in [1.29, 1.82) is 0 Å². The number of carboxylic acid groups (broad SMARTS) is 1. The average molecular weight is 427 g/mol. The summed E-state index contributed by atoms with van der Waals surface area (Å²) in [7, 11) is 0. The van der Waals surface area contributed by atoms with Gasteiger partial charge in [0.05, 0.1) is 16.2 Å². The van der Waals surface area contributed by atoms with Crippen LogP contribution in [-0.4, -0.2) is 38.7 Å². The predicted octanol–water partition coefficient (Wildman–Crippen LogP) is 3.79. The zero-order valence-corrected chi connectivity index (χ0v) is 17.2. The van der Waals surface area contributed by atoms with E-state index in [9.17, 15) is 19.5 Å². The Bertz CT molecular complexity index is 1020. The first-order valence-electron chi connectivity index (χ1n) is 8.85. The minimum absolute atomic E-state index is 0.0262. The SMILES string of the molecule is CCc1ccc(C=C2SC(=S)N(CC(=O)Nc3ccccc3C(=O)O)C2=O)cc1. The third kappa shape index (κ3) is 4.90. The van der Waals surface area contributed by atoms with Crippen molar-refractivity contribution in [2.75, 3.05) is 11.9 Å². The zero-order valence-electron chi connectivity index (χ0n) is 15.5. The molecule has 1 saturated heterocycles. The highest BCUT2D eigenvalue weighted by Crippen LogP contribution is 2.32. The van der Waals surface area contributed by atoms with Gasteiger partial charge < -0.3 is 10.4 Å². The molecule has 0 atom stereocenters. The summed E-state index contributed by atoms with van der Waals surface area (Å²) in [6.45, 7) is 1.78. The Morgan fingerprint density at radius 2 is 1.86 bits per heavy atom. The van der Waals surface area contributed by atoms with Crippen molar-refractivity contribution in [2.24, 2.45) is 0 Å². The third-order valence-electron chi connectivity index (χ3n) is 4.29. The minimum Gasteiger partial charge on any atom is -0.478 e. The van der Waals surface area contributed by atoms with Gasteiger partial charge in [0.25, 0.3) is 5.91 Å². The van der Waals surface area contributed by atoms with E-state index in [0.717, 1.165) is 23.7 Å². The summed E-state index contributed by atoms with van der Waals surface area (Å²) in [6, 6.07) is 13.9. The Morgan fingerprint density at radius 1 is 1.17 bits per heavy atom. The topological polar surface area (TPSA) is 86.7 Å². The van der Waals surface area contributed by atoms with Gasteiger partial charge >= 0.3 is 5.97 Å². The van der Waals surface area contributed by atoms with Crippen LogP contribution in [0.2, 0.25) is 0 Å². The van der Waals surface area contributed by atoms with Crippen molar-refractivity contribution in [3.63, 3.8) is 0 Å². The average Bonchev–Trinajstić information content (AvgIpc) is 2.96. The second-order valence-electron chi connectivity index (χ2n) is 6.26. The van der Waals surface area contributed by atoms with Crippen molar-refractivity contribution in [3.8, 4) is 0 Å². The summed E-state index contributed by atoms with van der Waals surface area (Å²) in [5.41, 5.74) is 2.22. The number of amides is 2. The standard InChI is InChI=1S/C21H18N2O4S2/c1-2-13-7-9-14(10-8-13)11-17-19(25)23(21(28)29-17)12-18(24)22-16-6-4-3-5-15(16)20(26)27/h3-11H,2,12H2,1H3,(H,22,24)(H,26,27). The normalized spacial score (nSPS) is 15.1. The molecule has 1 aliphatic heterocycles. The van der Waals surface area contributed by atoms with Crippen LogP contribution in [0.3, 0.4) is 0 Å². The molecule has 0 spiro atoms. The van der Waals surface area contributed by atoms with E-state index in [-0.39, 0.29) is 28.0 Å². The molecule has 2 amide bonds. The number of benzene rings is 2. The molecule has 3 rings (SSSR count). The number of para-hydroxylation sites is 1. The van der Waals surface area contributed by atoms with Crippen LogP contribution >= 0.6 is 24.0 Å². The van der Waals surface area contributed by atoms with E-state index in [1.165, 1.54) is 22.6 Å². The second kappa shape index (κ2) is 9.02. The molecule has 29 heavy (non-hydrogen) atoms. The van der Waals surface area contributed by atoms with Crippen LogP contribution in [0.15, 0.2) is 53.4 Å². The molecule has 0 aliphatic carbocycles. The number of anilines is 1. The molecule has 0 saturated carbocycles. The lowest BCUT2D eigenvalue weighted by molar-refractivity contribution is -0.126. The summed E-state index contributed by atoms with van der Waals surface area (Å²) in [5.74, 6) is -2.02. The Hall–Kier alpha value is -2.97. The van der Waals surface area contributed by atoms with Crippen molar-refractivity contribution >= 4 is 57.8 Å². The molecule has 0 radical (unpaired) electrons. The van der Waals surface area contributed by atoms with Gasteiger partial charge in [-0.3, -0.25) is 14.5 Å². The van der Waals surface area contributed by atoms with Crippen molar-refractivity contribution in [3.05, 3.63) is 70.1 Å². The smallest absolute Gasteiger partial charge is 0.337 e. The largest absolute Gasteiger partial charge is 0.478 e. The molecule has 0 aromatic heterocycles. The molecule has 6 nitrogen and oxygen atoms in total. The predicted molar refractivity (Wildman–Crippen MR) is 118 cm³/mol. The third-order valence-corrected chi connectivity index (χ3v) is 5.67. The Labute approximate surface area is 177 Å². The molecule has 1 heterocycles. The highest BCUT2D eigenvalue weighted by molar-refractivity contribution is 8.26. The molecule has 0 bridgehead atoms. The molecule has 148 valence electrons. The first-order chi connectivity index (χ1) is 13.9. The van der Waals surface area contributed by atoms with Gasteiger partial charge in [-0.2, -0.15) is 0 Å². The van der Waals surface area contributed by atoms with Gasteiger partial charge in [-0.15, -0.1) is 0 Å². The quantitative estimate of drug-likeness (QED) is 0.540. The number of thioether (sulfide) groups is 1. The number of aromatic carboxylic acids is 1. The number of thiocarbonyl (C=S) groups is 1. The summed E-state index contributed by atoms with van der Waals surface area (Å²) in [6.07, 6.45) is 2.68. The molecule has 2 aromatic carbocycles. The Balaban J connectivity index is 1.70. The van der Waals surface area contributed by atoms with Crippen molar-refractivity contribution in [1.82, 2.24) is 4.90 Å². The molecule has 0 unspecified atom stereocenters. The second-order valence-corrected chi connectivity index (χ2v) is 7.94. The van der Waals surface area contributed by atoms with Gasteiger partial charge in [0.1, 0.15) is 10.9 Å². The number of hydrogen-bond acceptors (Lipinski definition) is 5. The van der Waals surface area contributed by atoms with Crippen LogP contribution in [-0.2, 0) is 16.0 Å². The number of hydrogen-bond donors (Lipinski definition) is 2. The number of carbonyl (C=O) groups excluding carboxylic acids is 2. The first kappa shape index (κ1) is 20.8. The summed E-state index contributed by atoms with van der Waals surface area (Å²) < 4.78 is 0.285. The van der Waals surface area contributed by atoms with E-state index in [1.54, 1.807) is 18.2 Å². The van der Waals surface area contributed by atoms with Gasteiger partial charge in [0, 0.05) is 0 Å². The van der Waals surface area contributed by atoms with E-state index < -0.39 is 11.9 Å². The number of carbonyl (C=O) groups is 3. The summed E-state index contributed by atoms with van der Waals surface area (Å²) >= 11 is 6.39. The van der Waals surface area contributed by atoms with Crippen LogP contribution in [0, 0.1) is 0 Å². The monoisotopic (exact) mass is 426 g/mol. The Kier molecular flexibility index (Phi) is 6.46. The van der Waals surface area contributed by atoms with Crippen molar-refractivity contribution < 1.29 is 19.5 Å². The maximum atomic E-state index is 12.7. The van der Waals surface area contributed by atoms with Gasteiger partial charge in [0.2, 0.25) is 5.91 Å². The van der Waals surface area contributed by atoms with E-state index in [0.29, 0.717) is 4.91 Å². The van der Waals surface area contributed by atoms with Crippen LogP contribution in [0.4, 0.5) is 5.69 Å². The van der Waals surface area contributed by atoms with Gasteiger partial charge in [-0.1, -0.05) is 67.3 Å². The molecular weight excluding hydrogens is 408 g/mol. The number of nitrogens with zero attached hydrogens (tertiary/aromatic N) is 1. The maximum absolute atomic E-state index is 12.7. The maximum Gasteiger partial charge on any atom is 0.337 e. The molecule has 8 heteroatoms. The van der Waals surface area contributed by atoms with E-state index in [1.807, 2.05) is 24.3 Å². The molecular formula is C21H18N2O4S2. The molecule has 2 aromatic rings. The van der Waals surface area contributed by atoms with Crippen LogP contribution in [0.5, 0.6) is 0 Å². The fourth-order valence-corrected chi connectivity index (χ4v) is 4.00.